The number of benzene rings is 1. The molecule has 0 N–H and O–H groups in total. The molecule has 106 valence electrons. The van der Waals surface area contributed by atoms with Gasteiger partial charge in [0.05, 0.1) is 5.92 Å². The van der Waals surface area contributed by atoms with E-state index >= 15 is 0 Å². The Morgan fingerprint density at radius 2 is 1.85 bits per heavy atom. The Bertz CT molecular complexity index is 506. The summed E-state index contributed by atoms with van der Waals surface area (Å²) in [5.41, 5.74) is 1.01. The molecule has 0 unspecified atom stereocenters. The Balaban J connectivity index is 2.14. The van der Waals surface area contributed by atoms with Crippen molar-refractivity contribution in [2.24, 2.45) is 5.92 Å². The summed E-state index contributed by atoms with van der Waals surface area (Å²) < 4.78 is 10.9. The highest BCUT2D eigenvalue weighted by atomic mass is 16.6. The first-order valence-electron chi connectivity index (χ1n) is 6.60. The lowest BCUT2D eigenvalue weighted by molar-refractivity contribution is -0.151. The number of carbonyl (C=O) groups excluding carboxylic acids is 2. The maximum absolute atomic E-state index is 11.6. The van der Waals surface area contributed by atoms with Crippen LogP contribution >= 0.6 is 0 Å². The van der Waals surface area contributed by atoms with Crippen molar-refractivity contribution in [3.05, 3.63) is 48.0 Å². The van der Waals surface area contributed by atoms with Crippen LogP contribution in [-0.2, 0) is 19.1 Å². The summed E-state index contributed by atoms with van der Waals surface area (Å²) in [7, 11) is 0. The van der Waals surface area contributed by atoms with Crippen molar-refractivity contribution in [2.75, 3.05) is 6.61 Å². The first-order valence-corrected chi connectivity index (χ1v) is 6.60. The largest absolute Gasteiger partial charge is 0.463 e. The number of carbonyl (C=O) groups is 2. The minimum atomic E-state index is -0.438. The van der Waals surface area contributed by atoms with Gasteiger partial charge in [0.2, 0.25) is 0 Å². The van der Waals surface area contributed by atoms with Gasteiger partial charge in [-0.05, 0) is 12.5 Å². The van der Waals surface area contributed by atoms with Gasteiger partial charge in [-0.3, -0.25) is 9.59 Å². The maximum atomic E-state index is 11.6. The first-order chi connectivity index (χ1) is 9.58. The second kappa shape index (κ2) is 6.48. The summed E-state index contributed by atoms with van der Waals surface area (Å²) >= 11 is 0. The molecule has 1 aliphatic heterocycles. The standard InChI is InChI=1S/C16H18O4/c1-11(17)14-8-9-15(13-6-4-3-5-7-13)20-16(14)10-19-12(2)18/h3-9,14-16H,10H2,1-2H3/t14-,15+,16-/m1/s1. The molecule has 0 aromatic heterocycles. The van der Waals surface area contributed by atoms with Crippen LogP contribution in [0.1, 0.15) is 25.5 Å². The van der Waals surface area contributed by atoms with Crippen molar-refractivity contribution in [1.29, 1.82) is 0 Å². The molecule has 0 fully saturated rings. The predicted octanol–water partition coefficient (Wildman–Crippen LogP) is 2.45. The third-order valence-corrected chi connectivity index (χ3v) is 3.26. The number of esters is 1. The SMILES string of the molecule is CC(=O)OC[C@H]1O[C@H](c2ccccc2)C=C[C@@H]1C(C)=O. The van der Waals surface area contributed by atoms with E-state index in [0.717, 1.165) is 5.56 Å². The molecular formula is C16H18O4. The van der Waals surface area contributed by atoms with E-state index in [2.05, 4.69) is 0 Å². The predicted molar refractivity (Wildman–Crippen MR) is 74.0 cm³/mol. The minimum Gasteiger partial charge on any atom is -0.463 e. The molecule has 3 atom stereocenters. The van der Waals surface area contributed by atoms with Crippen LogP contribution in [0.3, 0.4) is 0 Å². The van der Waals surface area contributed by atoms with E-state index in [0.29, 0.717) is 0 Å². The minimum absolute atomic E-state index is 0.00455. The number of ketones is 1. The molecule has 0 saturated heterocycles. The molecule has 4 nitrogen and oxygen atoms in total. The number of Topliss-reactive ketones (excluding diaryl/α,β-unsaturated/α-hetero) is 1. The van der Waals surface area contributed by atoms with E-state index < -0.39 is 6.10 Å². The fourth-order valence-electron chi connectivity index (χ4n) is 2.23. The lowest BCUT2D eigenvalue weighted by Crippen LogP contribution is -2.36. The Labute approximate surface area is 118 Å². The Morgan fingerprint density at radius 3 is 2.45 bits per heavy atom. The van der Waals surface area contributed by atoms with Crippen LogP contribution in [0.5, 0.6) is 0 Å². The van der Waals surface area contributed by atoms with Crippen LogP contribution in [0.15, 0.2) is 42.5 Å². The van der Waals surface area contributed by atoms with Crippen molar-refractivity contribution >= 4 is 11.8 Å². The molecule has 0 bridgehead atoms. The average molecular weight is 274 g/mol. The molecule has 1 heterocycles. The van der Waals surface area contributed by atoms with Crippen LogP contribution < -0.4 is 0 Å². The van der Waals surface area contributed by atoms with Crippen molar-refractivity contribution < 1.29 is 19.1 Å². The summed E-state index contributed by atoms with van der Waals surface area (Å²) in [6, 6.07) is 9.73. The quantitative estimate of drug-likeness (QED) is 0.625. The van der Waals surface area contributed by atoms with E-state index in [-0.39, 0.29) is 30.4 Å². The van der Waals surface area contributed by atoms with Gasteiger partial charge in [0, 0.05) is 6.92 Å². The van der Waals surface area contributed by atoms with E-state index in [1.54, 1.807) is 0 Å². The molecule has 2 rings (SSSR count). The smallest absolute Gasteiger partial charge is 0.302 e. The second-order valence-corrected chi connectivity index (χ2v) is 4.83. The van der Waals surface area contributed by atoms with Gasteiger partial charge < -0.3 is 9.47 Å². The van der Waals surface area contributed by atoms with Gasteiger partial charge in [0.1, 0.15) is 24.6 Å². The molecule has 0 saturated carbocycles. The molecule has 1 aliphatic rings. The van der Waals surface area contributed by atoms with Crippen LogP contribution in [-0.4, -0.2) is 24.5 Å². The van der Waals surface area contributed by atoms with Crippen molar-refractivity contribution in [1.82, 2.24) is 0 Å². The fraction of sp³-hybridized carbons (Fsp3) is 0.375. The zero-order valence-electron chi connectivity index (χ0n) is 11.6. The normalized spacial score (nSPS) is 25.2. The number of hydrogen-bond donors (Lipinski definition) is 0. The number of ether oxygens (including phenoxy) is 2. The van der Waals surface area contributed by atoms with Crippen LogP contribution in [0.4, 0.5) is 0 Å². The van der Waals surface area contributed by atoms with Crippen LogP contribution in [0, 0.1) is 5.92 Å². The summed E-state index contributed by atoms with van der Waals surface area (Å²) in [6.07, 6.45) is 3.07. The zero-order valence-corrected chi connectivity index (χ0v) is 11.6. The summed E-state index contributed by atoms with van der Waals surface area (Å²) in [4.78, 5) is 22.6. The number of rotatable bonds is 4. The van der Waals surface area contributed by atoms with E-state index in [9.17, 15) is 9.59 Å². The highest BCUT2D eigenvalue weighted by molar-refractivity contribution is 5.81. The summed E-state index contributed by atoms with van der Waals surface area (Å²) in [5.74, 6) is -0.735. The Morgan fingerprint density at radius 1 is 1.15 bits per heavy atom. The molecule has 1 aromatic carbocycles. The highest BCUT2D eigenvalue weighted by Gasteiger charge is 2.31. The molecule has 0 radical (unpaired) electrons. The van der Waals surface area contributed by atoms with Crippen LogP contribution in [0.25, 0.3) is 0 Å². The maximum Gasteiger partial charge on any atom is 0.302 e. The van der Waals surface area contributed by atoms with Gasteiger partial charge in [0.15, 0.2) is 0 Å². The molecule has 1 aromatic rings. The lowest BCUT2D eigenvalue weighted by atomic mass is 9.93. The monoisotopic (exact) mass is 274 g/mol. The van der Waals surface area contributed by atoms with Gasteiger partial charge in [0.25, 0.3) is 0 Å². The molecule has 0 spiro atoms. The number of hydrogen-bond acceptors (Lipinski definition) is 4. The fourth-order valence-corrected chi connectivity index (χ4v) is 2.23. The molecule has 0 amide bonds. The third kappa shape index (κ3) is 3.54. The first kappa shape index (κ1) is 14.5. The highest BCUT2D eigenvalue weighted by Crippen LogP contribution is 2.29. The molecule has 20 heavy (non-hydrogen) atoms. The summed E-state index contributed by atoms with van der Waals surface area (Å²) in [6.45, 7) is 2.95. The second-order valence-electron chi connectivity index (χ2n) is 4.83. The molecular weight excluding hydrogens is 256 g/mol. The van der Waals surface area contributed by atoms with Gasteiger partial charge >= 0.3 is 5.97 Å². The van der Waals surface area contributed by atoms with Crippen molar-refractivity contribution in [3.8, 4) is 0 Å². The van der Waals surface area contributed by atoms with Crippen molar-refractivity contribution in [2.45, 2.75) is 26.1 Å². The van der Waals surface area contributed by atoms with E-state index in [1.165, 1.54) is 13.8 Å². The Kier molecular flexibility index (Phi) is 4.69. The van der Waals surface area contributed by atoms with Gasteiger partial charge in [-0.15, -0.1) is 0 Å². The van der Waals surface area contributed by atoms with E-state index in [4.69, 9.17) is 9.47 Å². The zero-order chi connectivity index (χ0) is 14.5. The van der Waals surface area contributed by atoms with Crippen LogP contribution in [0.2, 0.25) is 0 Å². The van der Waals surface area contributed by atoms with Gasteiger partial charge in [-0.25, -0.2) is 0 Å². The third-order valence-electron chi connectivity index (χ3n) is 3.26. The molecule has 0 aliphatic carbocycles. The van der Waals surface area contributed by atoms with E-state index in [1.807, 2.05) is 42.5 Å². The topological polar surface area (TPSA) is 52.6 Å². The Hall–Kier alpha value is -1.94. The average Bonchev–Trinajstić information content (AvgIpc) is 2.45. The summed E-state index contributed by atoms with van der Waals surface area (Å²) in [5, 5.41) is 0. The van der Waals surface area contributed by atoms with Gasteiger partial charge in [-0.2, -0.15) is 0 Å². The molecule has 4 heteroatoms. The van der Waals surface area contributed by atoms with Gasteiger partial charge in [-0.1, -0.05) is 42.5 Å². The lowest BCUT2D eigenvalue weighted by Gasteiger charge is -2.31. The van der Waals surface area contributed by atoms with Crippen molar-refractivity contribution in [3.63, 3.8) is 0 Å².